The van der Waals surface area contributed by atoms with E-state index in [0.29, 0.717) is 22.4 Å². The molecule has 3 aromatic rings. The Kier molecular flexibility index (Phi) is 5.79. The molecule has 0 atom stereocenters. The van der Waals surface area contributed by atoms with E-state index in [1.54, 1.807) is 12.1 Å². The average Bonchev–Trinajstić information content (AvgIpc) is 3.37. The maximum absolute atomic E-state index is 13.5. The minimum atomic E-state index is -2.86. The van der Waals surface area contributed by atoms with Gasteiger partial charge in [-0.3, -0.25) is 19.5 Å². The second-order valence-corrected chi connectivity index (χ2v) is 9.07. The Labute approximate surface area is 200 Å². The number of amides is 2. The first kappa shape index (κ1) is 23.0. The van der Waals surface area contributed by atoms with Crippen molar-refractivity contribution in [3.05, 3.63) is 59.2 Å². The summed E-state index contributed by atoms with van der Waals surface area (Å²) in [5.74, 6) is -1.53. The molecule has 1 N–H and O–H groups in total. The van der Waals surface area contributed by atoms with E-state index >= 15 is 0 Å². The molecule has 1 fully saturated rings. The molecule has 0 spiro atoms. The highest BCUT2D eigenvalue weighted by Crippen LogP contribution is 2.37. The number of pyridine rings is 1. The Morgan fingerprint density at radius 2 is 1.89 bits per heavy atom. The lowest BCUT2D eigenvalue weighted by Gasteiger charge is -2.38. The van der Waals surface area contributed by atoms with Crippen LogP contribution in [0.5, 0.6) is 0 Å². The zero-order valence-electron chi connectivity index (χ0n) is 19.3. The van der Waals surface area contributed by atoms with Gasteiger partial charge in [-0.1, -0.05) is 6.07 Å². The number of halogens is 2. The van der Waals surface area contributed by atoms with Gasteiger partial charge in [0.1, 0.15) is 0 Å². The van der Waals surface area contributed by atoms with Crippen molar-refractivity contribution in [1.29, 1.82) is 0 Å². The van der Waals surface area contributed by atoms with Crippen molar-refractivity contribution in [3.63, 3.8) is 0 Å². The molecule has 0 saturated carbocycles. The summed E-state index contributed by atoms with van der Waals surface area (Å²) in [7, 11) is 0. The molecule has 0 aliphatic carbocycles. The average molecular weight is 482 g/mol. The van der Waals surface area contributed by atoms with Gasteiger partial charge in [0.15, 0.2) is 0 Å². The van der Waals surface area contributed by atoms with Gasteiger partial charge in [-0.05, 0) is 43.7 Å². The molecule has 4 heterocycles. The van der Waals surface area contributed by atoms with Gasteiger partial charge in [0.2, 0.25) is 11.8 Å². The number of nitrogens with one attached hydrogen (secondary N) is 1. The van der Waals surface area contributed by atoms with E-state index in [4.69, 9.17) is 4.42 Å². The van der Waals surface area contributed by atoms with Crippen LogP contribution >= 0.6 is 0 Å². The Hall–Kier alpha value is -3.73. The molecule has 2 aromatic heterocycles. The molecule has 1 saturated heterocycles. The minimum Gasteiger partial charge on any atom is -0.415 e. The van der Waals surface area contributed by atoms with E-state index in [0.717, 1.165) is 31.9 Å². The molecule has 35 heavy (non-hydrogen) atoms. The molecular formula is C24H24F2N6O3. The maximum atomic E-state index is 13.5. The number of carbonyl (C=O) groups excluding carboxylic acids is 2. The van der Waals surface area contributed by atoms with E-state index in [-0.39, 0.29) is 24.2 Å². The summed E-state index contributed by atoms with van der Waals surface area (Å²) in [5, 5.41) is 10.2. The first-order valence-corrected chi connectivity index (χ1v) is 11.3. The number of fused-ring (bicyclic) bond motifs is 1. The lowest BCUT2D eigenvalue weighted by atomic mass is 9.77. The maximum Gasteiger partial charge on any atom is 0.314 e. The number of benzene rings is 1. The summed E-state index contributed by atoms with van der Waals surface area (Å²) >= 11 is 0. The third-order valence-corrected chi connectivity index (χ3v) is 6.43. The molecular weight excluding hydrogens is 458 g/mol. The van der Waals surface area contributed by atoms with Crippen molar-refractivity contribution in [2.45, 2.75) is 32.2 Å². The van der Waals surface area contributed by atoms with Gasteiger partial charge in [-0.15, -0.1) is 10.2 Å². The zero-order chi connectivity index (χ0) is 24.7. The Morgan fingerprint density at radius 3 is 2.54 bits per heavy atom. The third kappa shape index (κ3) is 4.16. The number of alkyl halides is 2. The Bertz CT molecular complexity index is 1270. The smallest absolute Gasteiger partial charge is 0.314 e. The number of hydrogen-bond donors (Lipinski definition) is 1. The molecule has 11 heteroatoms. The standard InChI is InChI=1S/C24H24F2N6O3/c1-24(2)18-6-5-16(31-9-7-27-8-10-31)11-17(18)22(33)32(23(24)34)13-15-4-3-14(12-28-15)20-29-30-21(35-20)19(25)26/h3-6,11-12,19,27H,7-10,13H2,1-2H3. The molecule has 182 valence electrons. The van der Waals surface area contributed by atoms with Crippen LogP contribution in [0.2, 0.25) is 0 Å². The van der Waals surface area contributed by atoms with Gasteiger partial charge in [0, 0.05) is 43.6 Å². The second kappa shape index (κ2) is 8.81. The highest BCUT2D eigenvalue weighted by Gasteiger charge is 2.44. The fourth-order valence-corrected chi connectivity index (χ4v) is 4.45. The molecule has 0 radical (unpaired) electrons. The predicted octanol–water partition coefficient (Wildman–Crippen LogP) is 2.94. The summed E-state index contributed by atoms with van der Waals surface area (Å²) in [4.78, 5) is 34.5. The Balaban J connectivity index is 1.40. The van der Waals surface area contributed by atoms with Crippen LogP contribution in [0.25, 0.3) is 11.5 Å². The predicted molar refractivity (Wildman–Crippen MR) is 122 cm³/mol. The van der Waals surface area contributed by atoms with E-state index < -0.39 is 17.7 Å². The molecule has 2 amide bonds. The third-order valence-electron chi connectivity index (χ3n) is 6.43. The van der Waals surface area contributed by atoms with Gasteiger partial charge in [-0.25, -0.2) is 0 Å². The lowest BCUT2D eigenvalue weighted by Crippen LogP contribution is -2.51. The van der Waals surface area contributed by atoms with Crippen molar-refractivity contribution >= 4 is 17.5 Å². The molecule has 2 aliphatic rings. The molecule has 1 aromatic carbocycles. The number of rotatable bonds is 5. The number of nitrogens with zero attached hydrogens (tertiary/aromatic N) is 5. The summed E-state index contributed by atoms with van der Waals surface area (Å²) in [6.45, 7) is 7.02. The number of carbonyl (C=O) groups is 2. The van der Waals surface area contributed by atoms with Crippen molar-refractivity contribution in [3.8, 4) is 11.5 Å². The van der Waals surface area contributed by atoms with Crippen LogP contribution in [0.1, 0.15) is 47.8 Å². The van der Waals surface area contributed by atoms with E-state index in [1.807, 2.05) is 32.0 Å². The topological polar surface area (TPSA) is 104 Å². The first-order valence-electron chi connectivity index (χ1n) is 11.3. The number of aromatic nitrogens is 3. The molecule has 0 unspecified atom stereocenters. The SMILES string of the molecule is CC1(C)C(=O)N(Cc2ccc(-c3nnc(C(F)F)o3)cn2)C(=O)c2cc(N3CCNCC3)ccc21. The Morgan fingerprint density at radius 1 is 1.11 bits per heavy atom. The fourth-order valence-electron chi connectivity index (χ4n) is 4.45. The summed E-state index contributed by atoms with van der Waals surface area (Å²) in [5.41, 5.74) is 2.09. The van der Waals surface area contributed by atoms with Crippen LogP contribution < -0.4 is 10.2 Å². The highest BCUT2D eigenvalue weighted by molar-refractivity contribution is 6.13. The van der Waals surface area contributed by atoms with Gasteiger partial charge in [-0.2, -0.15) is 8.78 Å². The van der Waals surface area contributed by atoms with E-state index in [9.17, 15) is 18.4 Å². The van der Waals surface area contributed by atoms with Gasteiger partial charge in [0.25, 0.3) is 11.8 Å². The number of piperazine rings is 1. The van der Waals surface area contributed by atoms with Crippen molar-refractivity contribution in [2.24, 2.45) is 0 Å². The van der Waals surface area contributed by atoms with Crippen LogP contribution in [0.4, 0.5) is 14.5 Å². The summed E-state index contributed by atoms with van der Waals surface area (Å²) in [6, 6.07) is 8.90. The van der Waals surface area contributed by atoms with E-state index in [1.165, 1.54) is 11.1 Å². The van der Waals surface area contributed by atoms with Crippen LogP contribution in [-0.4, -0.2) is 58.1 Å². The van der Waals surface area contributed by atoms with Crippen molar-refractivity contribution in [1.82, 2.24) is 25.4 Å². The quantitative estimate of drug-likeness (QED) is 0.554. The van der Waals surface area contributed by atoms with Crippen LogP contribution in [-0.2, 0) is 16.8 Å². The zero-order valence-corrected chi connectivity index (χ0v) is 19.3. The van der Waals surface area contributed by atoms with Crippen LogP contribution in [0, 0.1) is 0 Å². The molecule has 5 rings (SSSR count). The van der Waals surface area contributed by atoms with Crippen molar-refractivity contribution in [2.75, 3.05) is 31.1 Å². The fraction of sp³-hybridized carbons (Fsp3) is 0.375. The molecule has 2 aliphatic heterocycles. The highest BCUT2D eigenvalue weighted by atomic mass is 19.3. The number of imide groups is 1. The number of hydrogen-bond acceptors (Lipinski definition) is 8. The minimum absolute atomic E-state index is 0.0230. The van der Waals surface area contributed by atoms with E-state index in [2.05, 4.69) is 25.4 Å². The lowest BCUT2D eigenvalue weighted by molar-refractivity contribution is -0.134. The normalized spacial score (nSPS) is 17.7. The second-order valence-electron chi connectivity index (χ2n) is 9.07. The summed E-state index contributed by atoms with van der Waals surface area (Å²) < 4.78 is 30.4. The van der Waals surface area contributed by atoms with Gasteiger partial charge >= 0.3 is 6.43 Å². The van der Waals surface area contributed by atoms with Gasteiger partial charge in [0.05, 0.1) is 23.2 Å². The molecule has 0 bridgehead atoms. The monoisotopic (exact) mass is 482 g/mol. The molecule has 9 nitrogen and oxygen atoms in total. The largest absolute Gasteiger partial charge is 0.415 e. The first-order chi connectivity index (χ1) is 16.8. The van der Waals surface area contributed by atoms with Crippen LogP contribution in [0.15, 0.2) is 40.9 Å². The number of anilines is 1. The van der Waals surface area contributed by atoms with Gasteiger partial charge < -0.3 is 14.6 Å². The van der Waals surface area contributed by atoms with Crippen molar-refractivity contribution < 1.29 is 22.8 Å². The van der Waals surface area contributed by atoms with Crippen LogP contribution in [0.3, 0.4) is 0 Å². The summed E-state index contributed by atoms with van der Waals surface area (Å²) in [6.07, 6.45) is -1.48.